The molecule has 0 aliphatic heterocycles. The van der Waals surface area contributed by atoms with Crippen molar-refractivity contribution >= 4 is 28.6 Å². The van der Waals surface area contributed by atoms with Gasteiger partial charge in [0, 0.05) is 23.6 Å². The number of carbonyl (C=O) groups is 1. The van der Waals surface area contributed by atoms with Gasteiger partial charge < -0.3 is 9.67 Å². The van der Waals surface area contributed by atoms with Gasteiger partial charge >= 0.3 is 5.97 Å². The van der Waals surface area contributed by atoms with Crippen LogP contribution in [0, 0.1) is 11.7 Å². The molecule has 2 unspecified atom stereocenters. The van der Waals surface area contributed by atoms with E-state index in [4.69, 9.17) is 11.6 Å². The van der Waals surface area contributed by atoms with Crippen LogP contribution in [0.15, 0.2) is 42.5 Å². The zero-order valence-electron chi connectivity index (χ0n) is 14.0. The number of hydrogen-bond donors (Lipinski definition) is 1. The summed E-state index contributed by atoms with van der Waals surface area (Å²) < 4.78 is 15.7. The summed E-state index contributed by atoms with van der Waals surface area (Å²) in [5.74, 6) is -1.01. The number of rotatable bonds is 4. The topological polar surface area (TPSA) is 55.1 Å². The molecule has 1 saturated carbocycles. The minimum absolute atomic E-state index is 0.157. The first kappa shape index (κ1) is 17.0. The summed E-state index contributed by atoms with van der Waals surface area (Å²) in [5.41, 5.74) is 2.40. The van der Waals surface area contributed by atoms with E-state index >= 15 is 0 Å². The lowest BCUT2D eigenvalue weighted by atomic mass is 9.95. The summed E-state index contributed by atoms with van der Waals surface area (Å²) in [7, 11) is 0. The van der Waals surface area contributed by atoms with Gasteiger partial charge in [-0.3, -0.25) is 4.79 Å². The second-order valence-corrected chi connectivity index (χ2v) is 7.23. The summed E-state index contributed by atoms with van der Waals surface area (Å²) in [4.78, 5) is 16.3. The molecule has 4 nitrogen and oxygen atoms in total. The van der Waals surface area contributed by atoms with E-state index in [1.807, 2.05) is 28.8 Å². The maximum Gasteiger partial charge on any atom is 0.307 e. The minimum atomic E-state index is -0.788. The van der Waals surface area contributed by atoms with E-state index in [1.54, 1.807) is 6.07 Å². The van der Waals surface area contributed by atoms with E-state index < -0.39 is 11.9 Å². The molecule has 2 aromatic carbocycles. The number of fused-ring (bicyclic) bond motifs is 1. The number of carboxylic acid groups (broad SMARTS) is 1. The molecule has 0 radical (unpaired) electrons. The Labute approximate surface area is 155 Å². The summed E-state index contributed by atoms with van der Waals surface area (Å²) in [5, 5.41) is 10.2. The Bertz CT molecular complexity index is 968. The zero-order valence-corrected chi connectivity index (χ0v) is 14.8. The van der Waals surface area contributed by atoms with Crippen LogP contribution in [-0.2, 0) is 11.3 Å². The molecular weight excluding hydrogens is 355 g/mol. The highest BCUT2D eigenvalue weighted by Gasteiger charge is 2.37. The van der Waals surface area contributed by atoms with Crippen molar-refractivity contribution in [3.05, 3.63) is 64.7 Å². The van der Waals surface area contributed by atoms with Crippen LogP contribution in [0.25, 0.3) is 11.0 Å². The average molecular weight is 373 g/mol. The monoisotopic (exact) mass is 372 g/mol. The smallest absolute Gasteiger partial charge is 0.307 e. The molecule has 0 amide bonds. The highest BCUT2D eigenvalue weighted by molar-refractivity contribution is 6.30. The van der Waals surface area contributed by atoms with E-state index in [-0.39, 0.29) is 11.7 Å². The minimum Gasteiger partial charge on any atom is -0.481 e. The van der Waals surface area contributed by atoms with Gasteiger partial charge in [-0.15, -0.1) is 0 Å². The molecule has 4 rings (SSSR count). The molecule has 0 saturated heterocycles. The first-order valence-electron chi connectivity index (χ1n) is 8.66. The Balaban J connectivity index is 1.83. The van der Waals surface area contributed by atoms with E-state index in [2.05, 4.69) is 4.98 Å². The highest BCUT2D eigenvalue weighted by atomic mass is 35.5. The molecule has 6 heteroatoms. The molecule has 1 aliphatic rings. The van der Waals surface area contributed by atoms with Crippen molar-refractivity contribution in [1.82, 2.24) is 9.55 Å². The number of halogens is 2. The second kappa shape index (κ2) is 6.72. The number of imidazole rings is 1. The molecule has 3 aromatic rings. The third kappa shape index (κ3) is 3.07. The van der Waals surface area contributed by atoms with E-state index in [9.17, 15) is 14.3 Å². The predicted molar refractivity (Wildman–Crippen MR) is 98.0 cm³/mol. The quantitative estimate of drug-likeness (QED) is 0.712. The molecule has 1 heterocycles. The predicted octanol–water partition coefficient (Wildman–Crippen LogP) is 4.85. The van der Waals surface area contributed by atoms with Crippen molar-refractivity contribution in [3.63, 3.8) is 0 Å². The molecule has 0 spiro atoms. The van der Waals surface area contributed by atoms with Crippen LogP contribution in [0.5, 0.6) is 0 Å². The van der Waals surface area contributed by atoms with E-state index in [0.717, 1.165) is 29.7 Å². The molecule has 2 atom stereocenters. The van der Waals surface area contributed by atoms with Crippen LogP contribution < -0.4 is 0 Å². The Kier molecular flexibility index (Phi) is 4.41. The number of aliphatic carboxylic acids is 1. The summed E-state index contributed by atoms with van der Waals surface area (Å²) in [6.07, 6.45) is 2.29. The van der Waals surface area contributed by atoms with Gasteiger partial charge in [0.15, 0.2) is 0 Å². The van der Waals surface area contributed by atoms with Crippen LogP contribution in [0.1, 0.15) is 36.6 Å². The van der Waals surface area contributed by atoms with Crippen molar-refractivity contribution < 1.29 is 14.3 Å². The SMILES string of the molecule is O=C(O)C1CCCC1c1nc2cc(F)ccc2n1Cc1ccc(Cl)cc1. The average Bonchev–Trinajstić information content (AvgIpc) is 3.21. The molecule has 134 valence electrons. The molecule has 1 N–H and O–H groups in total. The van der Waals surface area contributed by atoms with Gasteiger partial charge in [0.05, 0.1) is 17.0 Å². The van der Waals surface area contributed by atoms with Crippen LogP contribution in [0.4, 0.5) is 4.39 Å². The van der Waals surface area contributed by atoms with Crippen LogP contribution in [0.3, 0.4) is 0 Å². The fraction of sp³-hybridized carbons (Fsp3) is 0.300. The van der Waals surface area contributed by atoms with Crippen molar-refractivity contribution in [3.8, 4) is 0 Å². The standard InChI is InChI=1S/C20H18ClFN2O2/c21-13-6-4-12(5-7-13)11-24-18-9-8-14(22)10-17(18)23-19(24)15-2-1-3-16(15)20(25)26/h4-10,15-16H,1-3,11H2,(H,25,26). The van der Waals surface area contributed by atoms with Crippen LogP contribution in [0.2, 0.25) is 5.02 Å². The lowest BCUT2D eigenvalue weighted by Gasteiger charge is -2.18. The van der Waals surface area contributed by atoms with Crippen molar-refractivity contribution in [1.29, 1.82) is 0 Å². The number of nitrogens with zero attached hydrogens (tertiary/aromatic N) is 2. The zero-order chi connectivity index (χ0) is 18.3. The van der Waals surface area contributed by atoms with Crippen molar-refractivity contribution in [2.45, 2.75) is 31.7 Å². The van der Waals surface area contributed by atoms with Crippen molar-refractivity contribution in [2.24, 2.45) is 5.92 Å². The third-order valence-electron chi connectivity index (χ3n) is 5.16. The fourth-order valence-corrected chi connectivity index (χ4v) is 4.03. The maximum absolute atomic E-state index is 13.7. The molecule has 0 bridgehead atoms. The number of aromatic nitrogens is 2. The number of benzene rings is 2. The Morgan fingerprint density at radius 1 is 1.23 bits per heavy atom. The second-order valence-electron chi connectivity index (χ2n) is 6.80. The number of hydrogen-bond acceptors (Lipinski definition) is 2. The fourth-order valence-electron chi connectivity index (χ4n) is 3.91. The van der Waals surface area contributed by atoms with Gasteiger partial charge in [0.25, 0.3) is 0 Å². The highest BCUT2D eigenvalue weighted by Crippen LogP contribution is 2.40. The van der Waals surface area contributed by atoms with Gasteiger partial charge in [-0.2, -0.15) is 0 Å². The Morgan fingerprint density at radius 3 is 2.73 bits per heavy atom. The summed E-state index contributed by atoms with van der Waals surface area (Å²) in [6.45, 7) is 0.539. The Morgan fingerprint density at radius 2 is 2.00 bits per heavy atom. The number of carboxylic acids is 1. The first-order chi connectivity index (χ1) is 12.5. The summed E-state index contributed by atoms with van der Waals surface area (Å²) in [6, 6.07) is 12.0. The van der Waals surface area contributed by atoms with Gasteiger partial charge in [-0.1, -0.05) is 30.2 Å². The van der Waals surface area contributed by atoms with Gasteiger partial charge in [0.2, 0.25) is 0 Å². The van der Waals surface area contributed by atoms with Gasteiger partial charge in [-0.25, -0.2) is 9.37 Å². The van der Waals surface area contributed by atoms with E-state index in [1.165, 1.54) is 12.1 Å². The molecular formula is C20H18ClFN2O2. The van der Waals surface area contributed by atoms with Gasteiger partial charge in [-0.05, 0) is 42.7 Å². The molecule has 1 aromatic heterocycles. The van der Waals surface area contributed by atoms with Gasteiger partial charge in [0.1, 0.15) is 11.6 Å². The largest absolute Gasteiger partial charge is 0.481 e. The maximum atomic E-state index is 13.7. The van der Waals surface area contributed by atoms with E-state index in [0.29, 0.717) is 23.5 Å². The summed E-state index contributed by atoms with van der Waals surface area (Å²) >= 11 is 5.97. The lowest BCUT2D eigenvalue weighted by molar-refractivity contribution is -0.142. The first-order valence-corrected chi connectivity index (χ1v) is 9.03. The van der Waals surface area contributed by atoms with Crippen LogP contribution in [-0.4, -0.2) is 20.6 Å². The molecule has 26 heavy (non-hydrogen) atoms. The van der Waals surface area contributed by atoms with Crippen molar-refractivity contribution in [2.75, 3.05) is 0 Å². The molecule has 1 fully saturated rings. The Hall–Kier alpha value is -2.40. The normalized spacial score (nSPS) is 19.9. The molecule has 1 aliphatic carbocycles. The third-order valence-corrected chi connectivity index (χ3v) is 5.41. The van der Waals surface area contributed by atoms with Crippen LogP contribution >= 0.6 is 11.6 Å². The lowest BCUT2D eigenvalue weighted by Crippen LogP contribution is -2.20.